The van der Waals surface area contributed by atoms with Crippen LogP contribution in [0.25, 0.3) is 0 Å². The standard InChI is InChI=1S/C18H29N/c1-2-3-4-5-6-7-8-9-10-11-12-17-13-15-18(19)16-14-17/h2,13-16H,1,3-12,19H2. The number of rotatable bonds is 11. The minimum Gasteiger partial charge on any atom is -0.399 e. The molecule has 0 amide bonds. The Morgan fingerprint density at radius 1 is 0.789 bits per heavy atom. The topological polar surface area (TPSA) is 26.0 Å². The summed E-state index contributed by atoms with van der Waals surface area (Å²) in [5.41, 5.74) is 7.95. The van der Waals surface area contributed by atoms with E-state index in [1.54, 1.807) is 0 Å². The van der Waals surface area contributed by atoms with Crippen LogP contribution in [0.1, 0.15) is 63.4 Å². The average Bonchev–Trinajstić information content (AvgIpc) is 2.43. The van der Waals surface area contributed by atoms with E-state index in [4.69, 9.17) is 5.73 Å². The van der Waals surface area contributed by atoms with Crippen molar-refractivity contribution >= 4 is 5.69 Å². The number of benzene rings is 1. The maximum Gasteiger partial charge on any atom is 0.0314 e. The van der Waals surface area contributed by atoms with E-state index in [-0.39, 0.29) is 0 Å². The number of hydrogen-bond acceptors (Lipinski definition) is 1. The van der Waals surface area contributed by atoms with Gasteiger partial charge in [0.25, 0.3) is 0 Å². The molecule has 0 saturated carbocycles. The van der Waals surface area contributed by atoms with Gasteiger partial charge in [0.2, 0.25) is 0 Å². The second-order valence-corrected chi connectivity index (χ2v) is 5.40. The molecule has 0 heterocycles. The van der Waals surface area contributed by atoms with Crippen LogP contribution in [0.4, 0.5) is 5.69 Å². The third-order valence-corrected chi connectivity index (χ3v) is 3.60. The molecule has 0 radical (unpaired) electrons. The van der Waals surface area contributed by atoms with Crippen LogP contribution in [-0.4, -0.2) is 0 Å². The lowest BCUT2D eigenvalue weighted by atomic mass is 10.0. The van der Waals surface area contributed by atoms with Crippen LogP contribution in [0.3, 0.4) is 0 Å². The maximum absolute atomic E-state index is 5.67. The van der Waals surface area contributed by atoms with Gasteiger partial charge in [0, 0.05) is 5.69 Å². The summed E-state index contributed by atoms with van der Waals surface area (Å²) in [6.45, 7) is 3.75. The van der Waals surface area contributed by atoms with Crippen molar-refractivity contribution in [3.05, 3.63) is 42.5 Å². The Balaban J connectivity index is 1.88. The quantitative estimate of drug-likeness (QED) is 0.316. The fourth-order valence-corrected chi connectivity index (χ4v) is 2.36. The van der Waals surface area contributed by atoms with Crippen molar-refractivity contribution in [2.45, 2.75) is 64.2 Å². The third-order valence-electron chi connectivity index (χ3n) is 3.60. The lowest BCUT2D eigenvalue weighted by Crippen LogP contribution is -1.88. The number of allylic oxidation sites excluding steroid dienone is 1. The monoisotopic (exact) mass is 259 g/mol. The SMILES string of the molecule is C=CCCCCCCCCCCc1ccc(N)cc1. The summed E-state index contributed by atoms with van der Waals surface area (Å²) in [5, 5.41) is 0. The number of nitrogens with two attached hydrogens (primary N) is 1. The molecule has 0 bridgehead atoms. The smallest absolute Gasteiger partial charge is 0.0314 e. The molecule has 106 valence electrons. The van der Waals surface area contributed by atoms with Gasteiger partial charge in [-0.2, -0.15) is 0 Å². The molecule has 0 aliphatic rings. The van der Waals surface area contributed by atoms with Crippen LogP contribution in [-0.2, 0) is 6.42 Å². The largest absolute Gasteiger partial charge is 0.399 e. The number of unbranched alkanes of at least 4 members (excludes halogenated alkanes) is 8. The van der Waals surface area contributed by atoms with E-state index in [9.17, 15) is 0 Å². The molecule has 0 aliphatic heterocycles. The van der Waals surface area contributed by atoms with E-state index in [2.05, 4.69) is 18.7 Å². The van der Waals surface area contributed by atoms with Crippen molar-refractivity contribution in [3.8, 4) is 0 Å². The molecule has 1 aromatic carbocycles. The predicted molar refractivity (Wildman–Crippen MR) is 86.3 cm³/mol. The second-order valence-electron chi connectivity index (χ2n) is 5.40. The highest BCUT2D eigenvalue weighted by Gasteiger charge is 1.95. The van der Waals surface area contributed by atoms with Gasteiger partial charge < -0.3 is 5.73 Å². The normalized spacial score (nSPS) is 10.5. The Hall–Kier alpha value is -1.24. The van der Waals surface area contributed by atoms with Gasteiger partial charge >= 0.3 is 0 Å². The summed E-state index contributed by atoms with van der Waals surface area (Å²) < 4.78 is 0. The molecular weight excluding hydrogens is 230 g/mol. The summed E-state index contributed by atoms with van der Waals surface area (Å²) in [6, 6.07) is 8.29. The molecule has 0 atom stereocenters. The van der Waals surface area contributed by atoms with Crippen LogP contribution in [0, 0.1) is 0 Å². The number of aryl methyl sites for hydroxylation is 1. The zero-order valence-electron chi connectivity index (χ0n) is 12.2. The highest BCUT2D eigenvalue weighted by Crippen LogP contribution is 2.13. The molecule has 0 saturated heterocycles. The molecule has 19 heavy (non-hydrogen) atoms. The van der Waals surface area contributed by atoms with Crippen LogP contribution in [0.2, 0.25) is 0 Å². The summed E-state index contributed by atoms with van der Waals surface area (Å²) in [5.74, 6) is 0. The Kier molecular flexibility index (Phi) is 8.87. The Labute approximate surface area is 118 Å². The first-order valence-electron chi connectivity index (χ1n) is 7.78. The second kappa shape index (κ2) is 10.7. The summed E-state index contributed by atoms with van der Waals surface area (Å²) in [6.07, 6.45) is 15.3. The van der Waals surface area contributed by atoms with Gasteiger partial charge in [-0.15, -0.1) is 6.58 Å². The molecule has 0 aliphatic carbocycles. The lowest BCUT2D eigenvalue weighted by Gasteiger charge is -2.03. The first-order valence-corrected chi connectivity index (χ1v) is 7.78. The minimum atomic E-state index is 0.861. The van der Waals surface area contributed by atoms with Gasteiger partial charge in [-0.05, 0) is 43.4 Å². The van der Waals surface area contributed by atoms with Gasteiger partial charge in [0.15, 0.2) is 0 Å². The summed E-state index contributed by atoms with van der Waals surface area (Å²) in [4.78, 5) is 0. The Bertz CT molecular complexity index is 326. The third kappa shape index (κ3) is 8.47. The number of hydrogen-bond donors (Lipinski definition) is 1. The molecule has 1 nitrogen and oxygen atoms in total. The predicted octanol–water partition coefficient (Wildman–Crippen LogP) is 5.51. The minimum absolute atomic E-state index is 0.861. The van der Waals surface area contributed by atoms with E-state index in [1.165, 1.54) is 69.8 Å². The van der Waals surface area contributed by atoms with E-state index in [1.807, 2.05) is 18.2 Å². The Morgan fingerprint density at radius 3 is 1.89 bits per heavy atom. The number of anilines is 1. The van der Waals surface area contributed by atoms with Crippen molar-refractivity contribution in [1.29, 1.82) is 0 Å². The first kappa shape index (κ1) is 15.8. The molecule has 0 aromatic heterocycles. The fourth-order valence-electron chi connectivity index (χ4n) is 2.36. The van der Waals surface area contributed by atoms with Crippen molar-refractivity contribution < 1.29 is 0 Å². The van der Waals surface area contributed by atoms with Crippen LogP contribution >= 0.6 is 0 Å². The number of nitrogen functional groups attached to an aromatic ring is 1. The van der Waals surface area contributed by atoms with Gasteiger partial charge in [-0.25, -0.2) is 0 Å². The van der Waals surface area contributed by atoms with Gasteiger partial charge in [0.1, 0.15) is 0 Å². The Morgan fingerprint density at radius 2 is 1.32 bits per heavy atom. The average molecular weight is 259 g/mol. The molecule has 2 N–H and O–H groups in total. The highest BCUT2D eigenvalue weighted by molar-refractivity contribution is 5.39. The van der Waals surface area contributed by atoms with Crippen molar-refractivity contribution in [1.82, 2.24) is 0 Å². The molecular formula is C18H29N. The van der Waals surface area contributed by atoms with Crippen LogP contribution in [0.15, 0.2) is 36.9 Å². The van der Waals surface area contributed by atoms with E-state index in [0.717, 1.165) is 5.69 Å². The molecule has 1 rings (SSSR count). The zero-order chi connectivity index (χ0) is 13.8. The fraction of sp³-hybridized carbons (Fsp3) is 0.556. The first-order chi connectivity index (χ1) is 9.33. The van der Waals surface area contributed by atoms with Crippen molar-refractivity contribution in [2.24, 2.45) is 0 Å². The van der Waals surface area contributed by atoms with Gasteiger partial charge in [0.05, 0.1) is 0 Å². The lowest BCUT2D eigenvalue weighted by molar-refractivity contribution is 0.569. The molecule has 0 spiro atoms. The molecule has 0 unspecified atom stereocenters. The highest BCUT2D eigenvalue weighted by atomic mass is 14.5. The van der Waals surface area contributed by atoms with Crippen molar-refractivity contribution in [3.63, 3.8) is 0 Å². The van der Waals surface area contributed by atoms with E-state index < -0.39 is 0 Å². The van der Waals surface area contributed by atoms with Gasteiger partial charge in [-0.3, -0.25) is 0 Å². The van der Waals surface area contributed by atoms with Gasteiger partial charge in [-0.1, -0.05) is 56.7 Å². The molecule has 1 aromatic rings. The van der Waals surface area contributed by atoms with Crippen LogP contribution < -0.4 is 5.73 Å². The van der Waals surface area contributed by atoms with Crippen molar-refractivity contribution in [2.75, 3.05) is 5.73 Å². The summed E-state index contributed by atoms with van der Waals surface area (Å²) in [7, 11) is 0. The maximum atomic E-state index is 5.67. The van der Waals surface area contributed by atoms with E-state index >= 15 is 0 Å². The molecule has 0 fully saturated rings. The van der Waals surface area contributed by atoms with E-state index in [0.29, 0.717) is 0 Å². The van der Waals surface area contributed by atoms with Crippen LogP contribution in [0.5, 0.6) is 0 Å². The zero-order valence-corrected chi connectivity index (χ0v) is 12.2. The molecule has 1 heteroatoms. The summed E-state index contributed by atoms with van der Waals surface area (Å²) >= 11 is 0.